The van der Waals surface area contributed by atoms with E-state index in [0.717, 1.165) is 24.1 Å². The summed E-state index contributed by atoms with van der Waals surface area (Å²) in [6, 6.07) is 3.45. The largest absolute Gasteiger partial charge is 0.416 e. The summed E-state index contributed by atoms with van der Waals surface area (Å²) in [6.07, 6.45) is 1.43. The molecule has 0 amide bonds. The second kappa shape index (κ2) is 5.43. The molecule has 1 aliphatic carbocycles. The van der Waals surface area contributed by atoms with E-state index < -0.39 is 11.7 Å². The molecule has 1 aliphatic heterocycles. The van der Waals surface area contributed by atoms with Gasteiger partial charge in [-0.25, -0.2) is 4.40 Å². The Morgan fingerprint density at radius 3 is 2.77 bits per heavy atom. The standard InChI is InChI=1S/C16H12F3NOS/c1-2-9-3-4-10-8-20-22-13-7-11(16(17,18)19)5-6-12(13)14(10)15(9)21/h3-9H,2H2,1H3. The zero-order valence-corrected chi connectivity index (χ0v) is 12.5. The molecule has 22 heavy (non-hydrogen) atoms. The lowest BCUT2D eigenvalue weighted by Gasteiger charge is -2.20. The maximum absolute atomic E-state index is 12.8. The van der Waals surface area contributed by atoms with Gasteiger partial charge in [0.15, 0.2) is 5.78 Å². The average molecular weight is 323 g/mol. The van der Waals surface area contributed by atoms with E-state index in [1.54, 1.807) is 0 Å². The normalized spacial score (nSPS) is 20.7. The number of carbonyl (C=O) groups excluding carboxylic acids is 1. The molecule has 1 aromatic carbocycles. The van der Waals surface area contributed by atoms with Gasteiger partial charge in [-0.1, -0.05) is 25.1 Å². The molecule has 1 atom stereocenters. The fraction of sp³-hybridized carbons (Fsp3) is 0.250. The quantitative estimate of drug-likeness (QED) is 0.700. The number of allylic oxidation sites excluding steroid dienone is 4. The number of Topliss-reactive ketones (excluding diaryl/α,β-unsaturated/α-hetero) is 1. The molecule has 0 saturated carbocycles. The number of ketones is 1. The van der Waals surface area contributed by atoms with E-state index in [4.69, 9.17) is 0 Å². The number of alkyl halides is 3. The molecular formula is C16H12F3NOS. The van der Waals surface area contributed by atoms with Crippen LogP contribution < -0.4 is 0 Å². The number of nitrogens with zero attached hydrogens (tertiary/aromatic N) is 1. The van der Waals surface area contributed by atoms with Crippen LogP contribution in [0.4, 0.5) is 13.2 Å². The highest BCUT2D eigenvalue weighted by atomic mass is 32.2. The molecule has 0 aromatic heterocycles. The molecule has 1 heterocycles. The summed E-state index contributed by atoms with van der Waals surface area (Å²) >= 11 is 0.958. The van der Waals surface area contributed by atoms with Crippen LogP contribution in [0.3, 0.4) is 0 Å². The first-order valence-corrected chi connectivity index (χ1v) is 7.58. The van der Waals surface area contributed by atoms with Gasteiger partial charge in [-0.15, -0.1) is 0 Å². The summed E-state index contributed by atoms with van der Waals surface area (Å²) in [5.41, 5.74) is 0.912. The number of hydrogen-bond donors (Lipinski definition) is 0. The minimum Gasteiger partial charge on any atom is -0.293 e. The minimum absolute atomic E-state index is 0.0602. The van der Waals surface area contributed by atoms with Gasteiger partial charge in [0.1, 0.15) is 0 Å². The van der Waals surface area contributed by atoms with Crippen molar-refractivity contribution in [3.05, 3.63) is 47.1 Å². The minimum atomic E-state index is -4.41. The lowest BCUT2D eigenvalue weighted by Crippen LogP contribution is -2.18. The monoisotopic (exact) mass is 323 g/mol. The van der Waals surface area contributed by atoms with Crippen LogP contribution >= 0.6 is 11.9 Å². The summed E-state index contributed by atoms with van der Waals surface area (Å²) in [4.78, 5) is 12.9. The summed E-state index contributed by atoms with van der Waals surface area (Å²) < 4.78 is 42.6. The van der Waals surface area contributed by atoms with Crippen molar-refractivity contribution in [1.82, 2.24) is 0 Å². The molecule has 1 unspecified atom stereocenters. The maximum Gasteiger partial charge on any atom is 0.416 e. The zero-order chi connectivity index (χ0) is 15.9. The van der Waals surface area contributed by atoms with E-state index in [9.17, 15) is 18.0 Å². The van der Waals surface area contributed by atoms with E-state index >= 15 is 0 Å². The Kier molecular flexibility index (Phi) is 3.72. The van der Waals surface area contributed by atoms with Crippen LogP contribution in [0.15, 0.2) is 45.2 Å². The predicted octanol–water partition coefficient (Wildman–Crippen LogP) is 4.72. The van der Waals surface area contributed by atoms with Crippen LogP contribution in [-0.4, -0.2) is 12.0 Å². The van der Waals surface area contributed by atoms with Crippen molar-refractivity contribution in [2.75, 3.05) is 0 Å². The Bertz CT molecular complexity index is 731. The van der Waals surface area contributed by atoms with E-state index in [1.165, 1.54) is 12.3 Å². The molecule has 0 spiro atoms. The van der Waals surface area contributed by atoms with E-state index in [-0.39, 0.29) is 11.7 Å². The van der Waals surface area contributed by atoms with Crippen LogP contribution in [0.25, 0.3) is 5.57 Å². The molecular weight excluding hydrogens is 311 g/mol. The van der Waals surface area contributed by atoms with Gasteiger partial charge < -0.3 is 0 Å². The van der Waals surface area contributed by atoms with Crippen LogP contribution in [0.5, 0.6) is 0 Å². The topological polar surface area (TPSA) is 29.4 Å². The number of fused-ring (bicyclic) bond motifs is 2. The van der Waals surface area contributed by atoms with E-state index in [2.05, 4.69) is 4.40 Å². The third-order valence-electron chi connectivity index (χ3n) is 3.74. The highest BCUT2D eigenvalue weighted by molar-refractivity contribution is 7.98. The summed E-state index contributed by atoms with van der Waals surface area (Å²) in [6.45, 7) is 1.91. The molecule has 0 N–H and O–H groups in total. The van der Waals surface area contributed by atoms with Crippen molar-refractivity contribution in [3.63, 3.8) is 0 Å². The third-order valence-corrected chi connectivity index (χ3v) is 4.49. The second-order valence-corrected chi connectivity index (χ2v) is 5.94. The molecule has 0 radical (unpaired) electrons. The molecule has 6 heteroatoms. The van der Waals surface area contributed by atoms with Crippen LogP contribution in [0.2, 0.25) is 0 Å². The van der Waals surface area contributed by atoms with Gasteiger partial charge in [0.05, 0.1) is 5.56 Å². The fourth-order valence-corrected chi connectivity index (χ4v) is 3.28. The molecule has 2 nitrogen and oxygen atoms in total. The van der Waals surface area contributed by atoms with Gasteiger partial charge in [0.25, 0.3) is 0 Å². The highest BCUT2D eigenvalue weighted by Gasteiger charge is 2.33. The Labute approximate surface area is 130 Å². The van der Waals surface area contributed by atoms with E-state index in [1.807, 2.05) is 19.1 Å². The number of benzene rings is 1. The molecule has 0 saturated heterocycles. The predicted molar refractivity (Wildman–Crippen MR) is 80.6 cm³/mol. The zero-order valence-electron chi connectivity index (χ0n) is 11.6. The molecule has 0 fully saturated rings. The first-order chi connectivity index (χ1) is 10.4. The van der Waals surface area contributed by atoms with Gasteiger partial charge in [-0.2, -0.15) is 13.2 Å². The molecule has 3 rings (SSSR count). The second-order valence-electron chi connectivity index (χ2n) is 5.10. The van der Waals surface area contributed by atoms with Gasteiger partial charge in [-0.3, -0.25) is 4.79 Å². The van der Waals surface area contributed by atoms with Crippen LogP contribution in [-0.2, 0) is 11.0 Å². The maximum atomic E-state index is 12.8. The summed E-state index contributed by atoms with van der Waals surface area (Å²) in [7, 11) is 0. The fourth-order valence-electron chi connectivity index (χ4n) is 2.56. The lowest BCUT2D eigenvalue weighted by atomic mass is 9.83. The molecule has 0 bridgehead atoms. The average Bonchev–Trinajstić information content (AvgIpc) is 2.65. The number of hydrogen-bond acceptors (Lipinski definition) is 3. The highest BCUT2D eigenvalue weighted by Crippen LogP contribution is 2.40. The van der Waals surface area contributed by atoms with Crippen molar-refractivity contribution in [1.29, 1.82) is 0 Å². The van der Waals surface area contributed by atoms with E-state index in [0.29, 0.717) is 28.0 Å². The summed E-state index contributed by atoms with van der Waals surface area (Å²) in [5.74, 6) is -0.291. The van der Waals surface area contributed by atoms with Crippen molar-refractivity contribution in [2.24, 2.45) is 10.3 Å². The van der Waals surface area contributed by atoms with Gasteiger partial charge in [-0.05, 0) is 18.6 Å². The molecule has 114 valence electrons. The van der Waals surface area contributed by atoms with Crippen molar-refractivity contribution in [2.45, 2.75) is 24.4 Å². The van der Waals surface area contributed by atoms with Gasteiger partial charge in [0.2, 0.25) is 0 Å². The molecule has 1 aromatic rings. The first kappa shape index (κ1) is 15.1. The Hall–Kier alpha value is -1.82. The summed E-state index contributed by atoms with van der Waals surface area (Å²) in [5, 5.41) is 0. The SMILES string of the molecule is CCC1C=CC2=C(C1=O)c1ccc(C(F)(F)F)cc1SN=C2. The number of rotatable bonds is 1. The van der Waals surface area contributed by atoms with Crippen molar-refractivity contribution in [3.8, 4) is 0 Å². The van der Waals surface area contributed by atoms with Crippen molar-refractivity contribution >= 4 is 29.5 Å². The smallest absolute Gasteiger partial charge is 0.293 e. The third kappa shape index (κ3) is 2.52. The number of carbonyl (C=O) groups is 1. The lowest BCUT2D eigenvalue weighted by molar-refractivity contribution is -0.137. The molecule has 2 aliphatic rings. The van der Waals surface area contributed by atoms with Crippen LogP contribution in [0, 0.1) is 5.92 Å². The number of halogens is 3. The van der Waals surface area contributed by atoms with Crippen LogP contribution in [0.1, 0.15) is 24.5 Å². The Morgan fingerprint density at radius 2 is 2.09 bits per heavy atom. The first-order valence-electron chi connectivity index (χ1n) is 6.80. The van der Waals surface area contributed by atoms with Gasteiger partial charge >= 0.3 is 6.18 Å². The van der Waals surface area contributed by atoms with Crippen molar-refractivity contribution < 1.29 is 18.0 Å². The Morgan fingerprint density at radius 1 is 1.32 bits per heavy atom. The Balaban J connectivity index is 2.16. The van der Waals surface area contributed by atoms with Gasteiger partial charge in [0, 0.05) is 45.7 Å².